The fraction of sp³-hybridized carbons (Fsp3) is 0.538. The largest absolute Gasteiger partial charge is 0.454 e. The maximum atomic E-state index is 6.07. The maximum absolute atomic E-state index is 6.07. The molecule has 94 valence electrons. The van der Waals surface area contributed by atoms with Crippen LogP contribution in [0, 0.1) is 0 Å². The summed E-state index contributed by atoms with van der Waals surface area (Å²) in [5.41, 5.74) is 7.04. The van der Waals surface area contributed by atoms with Gasteiger partial charge < -0.3 is 20.5 Å². The second-order valence-electron chi connectivity index (χ2n) is 5.15. The van der Waals surface area contributed by atoms with E-state index in [0.717, 1.165) is 17.9 Å². The van der Waals surface area contributed by atoms with E-state index in [1.807, 2.05) is 33.0 Å². The van der Waals surface area contributed by atoms with E-state index in [1.54, 1.807) is 0 Å². The molecule has 4 nitrogen and oxygen atoms in total. The Morgan fingerprint density at radius 1 is 1.35 bits per heavy atom. The predicted octanol–water partition coefficient (Wildman–Crippen LogP) is 1.80. The summed E-state index contributed by atoms with van der Waals surface area (Å²) in [6.07, 6.45) is 0.864. The molecule has 0 spiro atoms. The lowest BCUT2D eigenvalue weighted by Crippen LogP contribution is -2.36. The van der Waals surface area contributed by atoms with Crippen LogP contribution in [-0.4, -0.2) is 19.4 Å². The lowest BCUT2D eigenvalue weighted by atomic mass is 9.92. The Labute approximate surface area is 102 Å². The normalized spacial score (nSPS) is 16.0. The average Bonchev–Trinajstić information content (AvgIpc) is 2.71. The molecule has 1 atom stereocenters. The van der Waals surface area contributed by atoms with Crippen molar-refractivity contribution in [3.05, 3.63) is 23.8 Å². The van der Waals surface area contributed by atoms with Gasteiger partial charge in [0.15, 0.2) is 11.5 Å². The Bertz CT molecular complexity index is 399. The SMILES string of the molecule is CNC(CC(C)(C)N)c1ccc2c(c1)OCO2. The van der Waals surface area contributed by atoms with Crippen molar-refractivity contribution < 1.29 is 9.47 Å². The van der Waals surface area contributed by atoms with Gasteiger partial charge in [0.05, 0.1) is 0 Å². The molecule has 4 heteroatoms. The third kappa shape index (κ3) is 2.90. The van der Waals surface area contributed by atoms with Crippen molar-refractivity contribution in [2.75, 3.05) is 13.8 Å². The van der Waals surface area contributed by atoms with Gasteiger partial charge in [-0.05, 0) is 45.0 Å². The Morgan fingerprint density at radius 2 is 2.06 bits per heavy atom. The molecule has 1 heterocycles. The summed E-state index contributed by atoms with van der Waals surface area (Å²) in [5.74, 6) is 1.63. The standard InChI is InChI=1S/C13H20N2O2/c1-13(2,14)7-10(15-3)9-4-5-11-12(6-9)17-8-16-11/h4-6,10,15H,7-8,14H2,1-3H3. The molecule has 1 aliphatic heterocycles. The molecule has 0 saturated carbocycles. The molecule has 0 fully saturated rings. The van der Waals surface area contributed by atoms with Crippen LogP contribution >= 0.6 is 0 Å². The minimum Gasteiger partial charge on any atom is -0.454 e. The smallest absolute Gasteiger partial charge is 0.231 e. The van der Waals surface area contributed by atoms with Crippen LogP contribution in [-0.2, 0) is 0 Å². The molecule has 3 N–H and O–H groups in total. The number of fused-ring (bicyclic) bond motifs is 1. The van der Waals surface area contributed by atoms with Crippen LogP contribution in [0.3, 0.4) is 0 Å². The van der Waals surface area contributed by atoms with Gasteiger partial charge in [0, 0.05) is 11.6 Å². The average molecular weight is 236 g/mol. The molecule has 0 aliphatic carbocycles. The Hall–Kier alpha value is -1.26. The number of hydrogen-bond donors (Lipinski definition) is 2. The number of hydrogen-bond acceptors (Lipinski definition) is 4. The first-order valence-electron chi connectivity index (χ1n) is 5.85. The van der Waals surface area contributed by atoms with Gasteiger partial charge in [0.2, 0.25) is 6.79 Å². The van der Waals surface area contributed by atoms with Crippen molar-refractivity contribution in [2.45, 2.75) is 31.8 Å². The van der Waals surface area contributed by atoms with Gasteiger partial charge >= 0.3 is 0 Å². The molecule has 1 aromatic rings. The lowest BCUT2D eigenvalue weighted by molar-refractivity contribution is 0.174. The monoisotopic (exact) mass is 236 g/mol. The molecule has 2 rings (SSSR count). The highest BCUT2D eigenvalue weighted by Gasteiger charge is 2.21. The van der Waals surface area contributed by atoms with E-state index in [0.29, 0.717) is 6.79 Å². The van der Waals surface area contributed by atoms with Crippen molar-refractivity contribution in [3.8, 4) is 11.5 Å². The third-order valence-corrected chi connectivity index (χ3v) is 2.88. The van der Waals surface area contributed by atoms with E-state index in [4.69, 9.17) is 15.2 Å². The van der Waals surface area contributed by atoms with Gasteiger partial charge in [-0.15, -0.1) is 0 Å². The molecule has 0 amide bonds. The molecule has 0 aromatic heterocycles. The topological polar surface area (TPSA) is 56.5 Å². The first-order chi connectivity index (χ1) is 7.99. The Kier molecular flexibility index (Phi) is 3.26. The number of ether oxygens (including phenoxy) is 2. The number of benzene rings is 1. The minimum atomic E-state index is -0.204. The van der Waals surface area contributed by atoms with E-state index in [2.05, 4.69) is 11.4 Å². The second-order valence-corrected chi connectivity index (χ2v) is 5.15. The Balaban J connectivity index is 2.20. The molecular weight excluding hydrogens is 216 g/mol. The minimum absolute atomic E-state index is 0.204. The quantitative estimate of drug-likeness (QED) is 0.837. The molecule has 1 unspecified atom stereocenters. The molecular formula is C13H20N2O2. The van der Waals surface area contributed by atoms with Gasteiger partial charge in [-0.1, -0.05) is 6.07 Å². The van der Waals surface area contributed by atoms with Crippen molar-refractivity contribution >= 4 is 0 Å². The second kappa shape index (κ2) is 4.55. The third-order valence-electron chi connectivity index (χ3n) is 2.88. The fourth-order valence-corrected chi connectivity index (χ4v) is 2.04. The summed E-state index contributed by atoms with van der Waals surface area (Å²) < 4.78 is 10.7. The highest BCUT2D eigenvalue weighted by atomic mass is 16.7. The van der Waals surface area contributed by atoms with Crippen molar-refractivity contribution in [3.63, 3.8) is 0 Å². The van der Waals surface area contributed by atoms with Crippen LogP contribution < -0.4 is 20.5 Å². The van der Waals surface area contributed by atoms with Gasteiger partial charge in [0.25, 0.3) is 0 Å². The summed E-state index contributed by atoms with van der Waals surface area (Å²) in [6, 6.07) is 6.26. The van der Waals surface area contributed by atoms with Gasteiger partial charge in [0.1, 0.15) is 0 Å². The number of rotatable bonds is 4. The first-order valence-corrected chi connectivity index (χ1v) is 5.85. The van der Waals surface area contributed by atoms with E-state index >= 15 is 0 Å². The summed E-state index contributed by atoms with van der Waals surface area (Å²) in [6.45, 7) is 4.38. The van der Waals surface area contributed by atoms with Crippen molar-refractivity contribution in [1.29, 1.82) is 0 Å². The van der Waals surface area contributed by atoms with Gasteiger partial charge in [-0.3, -0.25) is 0 Å². The zero-order chi connectivity index (χ0) is 12.5. The Morgan fingerprint density at radius 3 is 2.71 bits per heavy atom. The number of nitrogens with one attached hydrogen (secondary N) is 1. The molecule has 1 aromatic carbocycles. The summed E-state index contributed by atoms with van der Waals surface area (Å²) in [5, 5.41) is 3.29. The lowest BCUT2D eigenvalue weighted by Gasteiger charge is -2.26. The highest BCUT2D eigenvalue weighted by molar-refractivity contribution is 5.45. The highest BCUT2D eigenvalue weighted by Crippen LogP contribution is 2.35. The first kappa shape index (κ1) is 12.2. The van der Waals surface area contributed by atoms with Crippen LogP contribution in [0.25, 0.3) is 0 Å². The van der Waals surface area contributed by atoms with Crippen LogP contribution in [0.1, 0.15) is 31.9 Å². The van der Waals surface area contributed by atoms with Crippen molar-refractivity contribution in [1.82, 2.24) is 5.32 Å². The molecule has 0 radical (unpaired) electrons. The summed E-state index contributed by atoms with van der Waals surface area (Å²) in [7, 11) is 1.95. The van der Waals surface area contributed by atoms with Crippen LogP contribution in [0.4, 0.5) is 0 Å². The molecule has 0 bridgehead atoms. The summed E-state index contributed by atoms with van der Waals surface area (Å²) in [4.78, 5) is 0. The maximum Gasteiger partial charge on any atom is 0.231 e. The molecule has 1 aliphatic rings. The fourth-order valence-electron chi connectivity index (χ4n) is 2.04. The van der Waals surface area contributed by atoms with Gasteiger partial charge in [-0.25, -0.2) is 0 Å². The molecule has 17 heavy (non-hydrogen) atoms. The van der Waals surface area contributed by atoms with Crippen LogP contribution in [0.2, 0.25) is 0 Å². The predicted molar refractivity (Wildman–Crippen MR) is 67.2 cm³/mol. The van der Waals surface area contributed by atoms with E-state index in [1.165, 1.54) is 5.56 Å². The van der Waals surface area contributed by atoms with Crippen molar-refractivity contribution in [2.24, 2.45) is 5.73 Å². The number of nitrogens with two attached hydrogens (primary N) is 1. The molecule has 0 saturated heterocycles. The van der Waals surface area contributed by atoms with E-state index in [9.17, 15) is 0 Å². The van der Waals surface area contributed by atoms with Crippen LogP contribution in [0.5, 0.6) is 11.5 Å². The summed E-state index contributed by atoms with van der Waals surface area (Å²) >= 11 is 0. The zero-order valence-corrected chi connectivity index (χ0v) is 10.6. The van der Waals surface area contributed by atoms with E-state index < -0.39 is 0 Å². The van der Waals surface area contributed by atoms with Crippen LogP contribution in [0.15, 0.2) is 18.2 Å². The van der Waals surface area contributed by atoms with E-state index in [-0.39, 0.29) is 11.6 Å². The zero-order valence-electron chi connectivity index (χ0n) is 10.6. The van der Waals surface area contributed by atoms with Gasteiger partial charge in [-0.2, -0.15) is 0 Å².